The highest BCUT2D eigenvalue weighted by atomic mass is 35.5. The summed E-state index contributed by atoms with van der Waals surface area (Å²) in [6.45, 7) is 8.55. The van der Waals surface area contributed by atoms with Gasteiger partial charge in [0, 0.05) is 12.6 Å². The molecule has 4 heteroatoms. The molecule has 1 aliphatic carbocycles. The molecule has 2 rings (SSSR count). The van der Waals surface area contributed by atoms with Crippen molar-refractivity contribution in [1.29, 1.82) is 0 Å². The second-order valence-corrected chi connectivity index (χ2v) is 6.30. The van der Waals surface area contributed by atoms with Gasteiger partial charge in [-0.1, -0.05) is 31.9 Å². The van der Waals surface area contributed by atoms with Crippen LogP contribution in [-0.2, 0) is 19.4 Å². The number of hydrogen-bond donors (Lipinski definition) is 1. The highest BCUT2D eigenvalue weighted by Crippen LogP contribution is 2.26. The maximum absolute atomic E-state index is 6.52. The average molecular weight is 298 g/mol. The molecule has 1 aromatic heterocycles. The Morgan fingerprint density at radius 3 is 2.65 bits per heavy atom. The molecule has 0 radical (unpaired) electrons. The normalized spacial score (nSPS) is 16.6. The summed E-state index contributed by atoms with van der Waals surface area (Å²) in [6.07, 6.45) is 7.16. The maximum atomic E-state index is 6.52. The number of rotatable bonds is 9. The van der Waals surface area contributed by atoms with E-state index < -0.39 is 0 Å². The third kappa shape index (κ3) is 3.98. The van der Waals surface area contributed by atoms with Crippen LogP contribution in [0.3, 0.4) is 0 Å². The molecule has 114 valence electrons. The molecule has 1 heterocycles. The van der Waals surface area contributed by atoms with Crippen LogP contribution in [0.15, 0.2) is 0 Å². The lowest BCUT2D eigenvalue weighted by molar-refractivity contribution is 0.423. The molecular weight excluding hydrogens is 270 g/mol. The van der Waals surface area contributed by atoms with E-state index in [2.05, 4.69) is 35.9 Å². The first-order valence-electron chi connectivity index (χ1n) is 8.16. The molecule has 1 saturated carbocycles. The van der Waals surface area contributed by atoms with E-state index in [4.69, 9.17) is 11.6 Å². The number of nitrogens with one attached hydrogen (secondary N) is 1. The van der Waals surface area contributed by atoms with Gasteiger partial charge in [0.15, 0.2) is 0 Å². The number of halogens is 1. The van der Waals surface area contributed by atoms with E-state index in [1.807, 2.05) is 0 Å². The van der Waals surface area contributed by atoms with Crippen LogP contribution in [0.4, 0.5) is 0 Å². The Hall–Kier alpha value is -0.540. The molecule has 0 aliphatic heterocycles. The van der Waals surface area contributed by atoms with E-state index in [9.17, 15) is 0 Å². The van der Waals surface area contributed by atoms with Crippen molar-refractivity contribution in [3.63, 3.8) is 0 Å². The van der Waals surface area contributed by atoms with Crippen LogP contribution in [0.1, 0.15) is 57.8 Å². The quantitative estimate of drug-likeness (QED) is 0.751. The van der Waals surface area contributed by atoms with Crippen LogP contribution in [0.5, 0.6) is 0 Å². The summed E-state index contributed by atoms with van der Waals surface area (Å²) >= 11 is 6.52. The van der Waals surface area contributed by atoms with Crippen LogP contribution in [0.2, 0.25) is 5.02 Å². The number of hydrogen-bond acceptors (Lipinski definition) is 2. The Kier molecular flexibility index (Phi) is 5.91. The molecule has 0 aromatic carbocycles. The van der Waals surface area contributed by atoms with Crippen molar-refractivity contribution < 1.29 is 0 Å². The third-order valence-corrected chi connectivity index (χ3v) is 4.58. The van der Waals surface area contributed by atoms with Gasteiger partial charge in [-0.25, -0.2) is 0 Å². The van der Waals surface area contributed by atoms with Crippen LogP contribution in [0, 0.1) is 5.92 Å². The van der Waals surface area contributed by atoms with E-state index in [1.54, 1.807) is 0 Å². The molecule has 1 unspecified atom stereocenters. The molecule has 0 bridgehead atoms. The van der Waals surface area contributed by atoms with Gasteiger partial charge in [0.2, 0.25) is 0 Å². The number of aromatic nitrogens is 2. The molecule has 0 amide bonds. The first-order valence-corrected chi connectivity index (χ1v) is 8.54. The molecule has 1 aliphatic rings. The van der Waals surface area contributed by atoms with Crippen molar-refractivity contribution in [1.82, 2.24) is 15.1 Å². The van der Waals surface area contributed by atoms with Gasteiger partial charge < -0.3 is 5.32 Å². The van der Waals surface area contributed by atoms with Gasteiger partial charge in [-0.15, -0.1) is 0 Å². The van der Waals surface area contributed by atoms with Crippen molar-refractivity contribution >= 4 is 11.6 Å². The molecule has 1 atom stereocenters. The average Bonchev–Trinajstić information content (AvgIpc) is 3.23. The van der Waals surface area contributed by atoms with Gasteiger partial charge in [-0.2, -0.15) is 5.10 Å². The van der Waals surface area contributed by atoms with Crippen LogP contribution in [0.25, 0.3) is 0 Å². The molecule has 1 N–H and O–H groups in total. The summed E-state index contributed by atoms with van der Waals surface area (Å²) in [5.41, 5.74) is 2.29. The minimum atomic E-state index is 0.671. The Bertz CT molecular complexity index is 424. The van der Waals surface area contributed by atoms with E-state index >= 15 is 0 Å². The fourth-order valence-corrected chi connectivity index (χ4v) is 3.14. The van der Waals surface area contributed by atoms with Crippen LogP contribution >= 0.6 is 11.6 Å². The standard InChI is InChI=1S/C16H28ClN3/c1-4-7-12(11-18-13-8-9-13)10-15-16(17)14(5-2)19-20(15)6-3/h12-13,18H,4-11H2,1-3H3. The first-order chi connectivity index (χ1) is 9.69. The van der Waals surface area contributed by atoms with E-state index in [-0.39, 0.29) is 0 Å². The summed E-state index contributed by atoms with van der Waals surface area (Å²) in [5.74, 6) is 0.671. The lowest BCUT2D eigenvalue weighted by atomic mass is 9.97. The van der Waals surface area contributed by atoms with Crippen molar-refractivity contribution in [2.24, 2.45) is 5.92 Å². The molecule has 0 spiro atoms. The van der Waals surface area contributed by atoms with Crippen molar-refractivity contribution in [3.8, 4) is 0 Å². The summed E-state index contributed by atoms with van der Waals surface area (Å²) in [6, 6.07) is 0.784. The van der Waals surface area contributed by atoms with Crippen LogP contribution in [-0.4, -0.2) is 22.4 Å². The fourth-order valence-electron chi connectivity index (χ4n) is 2.79. The second-order valence-electron chi connectivity index (χ2n) is 5.92. The van der Waals surface area contributed by atoms with Crippen molar-refractivity contribution in [2.45, 2.75) is 71.9 Å². The zero-order valence-electron chi connectivity index (χ0n) is 13.1. The Morgan fingerprint density at radius 1 is 1.35 bits per heavy atom. The fraction of sp³-hybridized carbons (Fsp3) is 0.812. The minimum Gasteiger partial charge on any atom is -0.314 e. The molecule has 1 aromatic rings. The third-order valence-electron chi connectivity index (χ3n) is 4.15. The van der Waals surface area contributed by atoms with E-state index in [1.165, 1.54) is 31.4 Å². The monoisotopic (exact) mass is 297 g/mol. The van der Waals surface area contributed by atoms with Gasteiger partial charge in [-0.3, -0.25) is 4.68 Å². The minimum absolute atomic E-state index is 0.671. The van der Waals surface area contributed by atoms with Crippen molar-refractivity contribution in [2.75, 3.05) is 6.54 Å². The van der Waals surface area contributed by atoms with Gasteiger partial charge in [-0.05, 0) is 51.5 Å². The van der Waals surface area contributed by atoms with Crippen LogP contribution < -0.4 is 5.32 Å². The second kappa shape index (κ2) is 7.46. The predicted molar refractivity (Wildman–Crippen MR) is 85.4 cm³/mol. The Morgan fingerprint density at radius 2 is 2.10 bits per heavy atom. The smallest absolute Gasteiger partial charge is 0.0849 e. The summed E-state index contributed by atoms with van der Waals surface area (Å²) in [4.78, 5) is 0. The zero-order chi connectivity index (χ0) is 14.5. The summed E-state index contributed by atoms with van der Waals surface area (Å²) in [5, 5.41) is 9.20. The molecule has 20 heavy (non-hydrogen) atoms. The molecular formula is C16H28ClN3. The largest absolute Gasteiger partial charge is 0.314 e. The van der Waals surface area contributed by atoms with E-state index in [0.29, 0.717) is 5.92 Å². The Labute approximate surface area is 128 Å². The Balaban J connectivity index is 2.05. The highest BCUT2D eigenvalue weighted by molar-refractivity contribution is 6.31. The predicted octanol–water partition coefficient (Wildman–Crippen LogP) is 3.83. The molecule has 3 nitrogen and oxygen atoms in total. The van der Waals surface area contributed by atoms with Gasteiger partial charge in [0.25, 0.3) is 0 Å². The summed E-state index contributed by atoms with van der Waals surface area (Å²) in [7, 11) is 0. The van der Waals surface area contributed by atoms with Gasteiger partial charge >= 0.3 is 0 Å². The lowest BCUT2D eigenvalue weighted by Gasteiger charge is -2.17. The van der Waals surface area contributed by atoms with Gasteiger partial charge in [0.05, 0.1) is 16.4 Å². The SMILES string of the molecule is CCCC(CNC1CC1)Cc1c(Cl)c(CC)nn1CC. The lowest BCUT2D eigenvalue weighted by Crippen LogP contribution is -2.26. The van der Waals surface area contributed by atoms with Crippen molar-refractivity contribution in [3.05, 3.63) is 16.4 Å². The topological polar surface area (TPSA) is 29.9 Å². The zero-order valence-corrected chi connectivity index (χ0v) is 13.8. The molecule has 0 saturated heterocycles. The first kappa shape index (κ1) is 15.8. The summed E-state index contributed by atoms with van der Waals surface area (Å²) < 4.78 is 2.10. The van der Waals surface area contributed by atoms with Gasteiger partial charge in [0.1, 0.15) is 0 Å². The number of nitrogens with zero attached hydrogens (tertiary/aromatic N) is 2. The van der Waals surface area contributed by atoms with E-state index in [0.717, 1.165) is 42.7 Å². The maximum Gasteiger partial charge on any atom is 0.0849 e. The number of aryl methyl sites for hydroxylation is 2. The molecule has 1 fully saturated rings. The highest BCUT2D eigenvalue weighted by Gasteiger charge is 2.23.